The summed E-state index contributed by atoms with van der Waals surface area (Å²) in [5.74, 6) is 0.757. The van der Waals surface area contributed by atoms with Crippen LogP contribution in [0.25, 0.3) is 0 Å². The summed E-state index contributed by atoms with van der Waals surface area (Å²) in [5.41, 5.74) is 1.23. The Kier molecular flexibility index (Phi) is 5.66. The molecule has 0 bridgehead atoms. The SMILES string of the molecule is CSCCN(C)S(=O)(=O)Cc1ccc(C#N)cc1. The summed E-state index contributed by atoms with van der Waals surface area (Å²) in [4.78, 5) is 0. The largest absolute Gasteiger partial charge is 0.218 e. The molecule has 0 saturated carbocycles. The third-order valence-electron chi connectivity index (χ3n) is 2.52. The van der Waals surface area contributed by atoms with Gasteiger partial charge in [-0.05, 0) is 24.0 Å². The van der Waals surface area contributed by atoms with Crippen molar-refractivity contribution in [2.24, 2.45) is 0 Å². The van der Waals surface area contributed by atoms with Crippen LogP contribution in [-0.2, 0) is 15.8 Å². The molecule has 98 valence electrons. The van der Waals surface area contributed by atoms with Crippen LogP contribution >= 0.6 is 11.8 Å². The fourth-order valence-electron chi connectivity index (χ4n) is 1.36. The lowest BCUT2D eigenvalue weighted by atomic mass is 10.2. The molecule has 0 saturated heterocycles. The summed E-state index contributed by atoms with van der Waals surface area (Å²) in [7, 11) is -1.68. The van der Waals surface area contributed by atoms with E-state index in [0.717, 1.165) is 5.75 Å². The number of rotatable bonds is 6. The van der Waals surface area contributed by atoms with Crippen molar-refractivity contribution in [2.75, 3.05) is 25.6 Å². The van der Waals surface area contributed by atoms with Crippen LogP contribution in [0.15, 0.2) is 24.3 Å². The maximum Gasteiger partial charge on any atom is 0.218 e. The van der Waals surface area contributed by atoms with Gasteiger partial charge < -0.3 is 0 Å². The van der Waals surface area contributed by atoms with Crippen molar-refractivity contribution in [3.05, 3.63) is 35.4 Å². The van der Waals surface area contributed by atoms with Gasteiger partial charge >= 0.3 is 0 Å². The zero-order chi connectivity index (χ0) is 13.6. The van der Waals surface area contributed by atoms with Gasteiger partial charge in [0.2, 0.25) is 10.0 Å². The molecule has 1 rings (SSSR count). The molecule has 0 aliphatic heterocycles. The Morgan fingerprint density at radius 1 is 1.33 bits per heavy atom. The van der Waals surface area contributed by atoms with Gasteiger partial charge in [-0.1, -0.05) is 12.1 Å². The first-order valence-electron chi connectivity index (χ1n) is 5.41. The number of thioether (sulfide) groups is 1. The molecule has 0 unspecified atom stereocenters. The van der Waals surface area contributed by atoms with E-state index in [0.29, 0.717) is 17.7 Å². The lowest BCUT2D eigenvalue weighted by molar-refractivity contribution is 0.488. The molecule has 0 atom stereocenters. The summed E-state index contributed by atoms with van der Waals surface area (Å²) in [5, 5.41) is 8.67. The third-order valence-corrected chi connectivity index (χ3v) is 4.94. The van der Waals surface area contributed by atoms with E-state index in [1.165, 1.54) is 4.31 Å². The molecular formula is C12H16N2O2S2. The predicted octanol–water partition coefficient (Wildman–Crippen LogP) is 1.68. The smallest absolute Gasteiger partial charge is 0.212 e. The van der Waals surface area contributed by atoms with Gasteiger partial charge in [0.25, 0.3) is 0 Å². The second-order valence-electron chi connectivity index (χ2n) is 3.88. The molecule has 0 radical (unpaired) electrons. The maximum atomic E-state index is 12.0. The third kappa shape index (κ3) is 4.33. The second-order valence-corrected chi connectivity index (χ2v) is 6.94. The molecule has 0 spiro atoms. The monoisotopic (exact) mass is 284 g/mol. The molecule has 0 aliphatic rings. The number of nitrogens with zero attached hydrogens (tertiary/aromatic N) is 2. The van der Waals surface area contributed by atoms with E-state index in [4.69, 9.17) is 5.26 Å². The normalized spacial score (nSPS) is 11.4. The summed E-state index contributed by atoms with van der Waals surface area (Å²) >= 11 is 1.62. The van der Waals surface area contributed by atoms with E-state index in [1.807, 2.05) is 12.3 Å². The molecule has 1 aromatic carbocycles. The molecule has 0 N–H and O–H groups in total. The molecule has 0 amide bonds. The molecule has 18 heavy (non-hydrogen) atoms. The van der Waals surface area contributed by atoms with E-state index >= 15 is 0 Å². The fourth-order valence-corrected chi connectivity index (χ4v) is 3.13. The minimum atomic E-state index is -3.27. The highest BCUT2D eigenvalue weighted by Gasteiger charge is 2.17. The Morgan fingerprint density at radius 2 is 1.94 bits per heavy atom. The molecule has 0 heterocycles. The Labute approximate surface area is 113 Å². The first kappa shape index (κ1) is 15.0. The minimum Gasteiger partial charge on any atom is -0.212 e. The minimum absolute atomic E-state index is 0.0242. The zero-order valence-electron chi connectivity index (χ0n) is 10.5. The predicted molar refractivity (Wildman–Crippen MR) is 74.8 cm³/mol. The zero-order valence-corrected chi connectivity index (χ0v) is 12.1. The number of sulfonamides is 1. The number of hydrogen-bond acceptors (Lipinski definition) is 4. The summed E-state index contributed by atoms with van der Waals surface area (Å²) < 4.78 is 25.4. The second kappa shape index (κ2) is 6.78. The van der Waals surface area contributed by atoms with Crippen molar-refractivity contribution in [2.45, 2.75) is 5.75 Å². The van der Waals surface area contributed by atoms with Crippen LogP contribution in [0.4, 0.5) is 0 Å². The van der Waals surface area contributed by atoms with E-state index < -0.39 is 10.0 Å². The first-order valence-corrected chi connectivity index (χ1v) is 8.42. The van der Waals surface area contributed by atoms with Gasteiger partial charge in [-0.3, -0.25) is 0 Å². The standard InChI is InChI=1S/C12H16N2O2S2/c1-14(7-8-17-2)18(15,16)10-12-5-3-11(9-13)4-6-12/h3-6H,7-8,10H2,1-2H3. The molecule has 0 aromatic heterocycles. The van der Waals surface area contributed by atoms with E-state index in [9.17, 15) is 8.42 Å². The van der Waals surface area contributed by atoms with E-state index in [2.05, 4.69) is 0 Å². The van der Waals surface area contributed by atoms with Crippen LogP contribution in [0.1, 0.15) is 11.1 Å². The first-order chi connectivity index (χ1) is 8.49. The van der Waals surface area contributed by atoms with E-state index in [1.54, 1.807) is 43.1 Å². The summed E-state index contributed by atoms with van der Waals surface area (Å²) in [6.07, 6.45) is 1.95. The fraction of sp³-hybridized carbons (Fsp3) is 0.417. The van der Waals surface area contributed by atoms with Gasteiger partial charge in [-0.15, -0.1) is 0 Å². The number of hydrogen-bond donors (Lipinski definition) is 0. The Hall–Kier alpha value is -1.03. The van der Waals surface area contributed by atoms with Crippen LogP contribution in [0.5, 0.6) is 0 Å². The van der Waals surface area contributed by atoms with Crippen LogP contribution in [-0.4, -0.2) is 38.3 Å². The van der Waals surface area contributed by atoms with Gasteiger partial charge in [-0.2, -0.15) is 17.0 Å². The summed E-state index contributed by atoms with van der Waals surface area (Å²) in [6.45, 7) is 0.514. The number of benzene rings is 1. The topological polar surface area (TPSA) is 61.2 Å². The molecular weight excluding hydrogens is 268 g/mol. The molecule has 4 nitrogen and oxygen atoms in total. The Bertz CT molecular complexity index is 518. The molecule has 0 aliphatic carbocycles. The van der Waals surface area contributed by atoms with Gasteiger partial charge in [-0.25, -0.2) is 12.7 Å². The lowest BCUT2D eigenvalue weighted by Crippen LogP contribution is -2.30. The maximum absolute atomic E-state index is 12.0. The highest BCUT2D eigenvalue weighted by Crippen LogP contribution is 2.11. The Morgan fingerprint density at radius 3 is 2.44 bits per heavy atom. The van der Waals surface area contributed by atoms with Crippen molar-refractivity contribution in [1.82, 2.24) is 4.31 Å². The molecule has 1 aromatic rings. The van der Waals surface area contributed by atoms with Gasteiger partial charge in [0.1, 0.15) is 0 Å². The quantitative estimate of drug-likeness (QED) is 0.797. The Balaban J connectivity index is 2.73. The van der Waals surface area contributed by atoms with Crippen LogP contribution < -0.4 is 0 Å². The highest BCUT2D eigenvalue weighted by molar-refractivity contribution is 7.98. The van der Waals surface area contributed by atoms with Crippen molar-refractivity contribution in [3.63, 3.8) is 0 Å². The average molecular weight is 284 g/mol. The van der Waals surface area contributed by atoms with Crippen LogP contribution in [0, 0.1) is 11.3 Å². The van der Waals surface area contributed by atoms with E-state index in [-0.39, 0.29) is 5.75 Å². The van der Waals surface area contributed by atoms with Crippen molar-refractivity contribution in [1.29, 1.82) is 5.26 Å². The summed E-state index contributed by atoms with van der Waals surface area (Å²) in [6, 6.07) is 8.63. The van der Waals surface area contributed by atoms with Crippen LogP contribution in [0.3, 0.4) is 0 Å². The van der Waals surface area contributed by atoms with Gasteiger partial charge in [0, 0.05) is 19.3 Å². The van der Waals surface area contributed by atoms with Gasteiger partial charge in [0.15, 0.2) is 0 Å². The average Bonchev–Trinajstić information content (AvgIpc) is 2.36. The van der Waals surface area contributed by atoms with Crippen molar-refractivity contribution < 1.29 is 8.42 Å². The van der Waals surface area contributed by atoms with Crippen molar-refractivity contribution >= 4 is 21.8 Å². The number of nitriles is 1. The lowest BCUT2D eigenvalue weighted by Gasteiger charge is -2.16. The van der Waals surface area contributed by atoms with Crippen molar-refractivity contribution in [3.8, 4) is 6.07 Å². The highest BCUT2D eigenvalue weighted by atomic mass is 32.2. The van der Waals surface area contributed by atoms with Crippen LogP contribution in [0.2, 0.25) is 0 Å². The van der Waals surface area contributed by atoms with Gasteiger partial charge in [0.05, 0.1) is 17.4 Å². The molecule has 6 heteroatoms. The molecule has 0 fully saturated rings.